The summed E-state index contributed by atoms with van der Waals surface area (Å²) in [5, 5.41) is 9.16. The number of fused-ring (bicyclic) bond motifs is 1. The quantitative estimate of drug-likeness (QED) is 0.723. The van der Waals surface area contributed by atoms with Gasteiger partial charge in [-0.3, -0.25) is 4.90 Å². The highest BCUT2D eigenvalue weighted by Gasteiger charge is 2.40. The van der Waals surface area contributed by atoms with Crippen molar-refractivity contribution in [1.29, 1.82) is 0 Å². The third kappa shape index (κ3) is 3.53. The molecule has 2 aromatic rings. The normalized spacial score (nSPS) is 15.9. The minimum Gasteiger partial charge on any atom is -0.478 e. The number of amides is 2. The lowest BCUT2D eigenvalue weighted by Gasteiger charge is -2.34. The van der Waals surface area contributed by atoms with Crippen LogP contribution in [0.4, 0.5) is 10.5 Å². The van der Waals surface area contributed by atoms with Crippen LogP contribution >= 0.6 is 0 Å². The van der Waals surface area contributed by atoms with E-state index in [4.69, 9.17) is 5.11 Å². The van der Waals surface area contributed by atoms with E-state index < -0.39 is 32.0 Å². The number of aromatic carboxylic acids is 1. The minimum absolute atomic E-state index is 0.0256. The molecule has 1 heterocycles. The standard InChI is InChI=1S/C18H19N3O7S2/c1-19(2)29(25,26)14-7-4-12(5-8-14)11-21-18(24)20(3)15-9-6-13(17(22)23)10-16(15)30(21,27)28/h4-10H,11H2,1-3H3,(H,22,23). The first-order valence-electron chi connectivity index (χ1n) is 8.56. The summed E-state index contributed by atoms with van der Waals surface area (Å²) in [5.74, 6) is -1.29. The van der Waals surface area contributed by atoms with Crippen LogP contribution in [0.3, 0.4) is 0 Å². The van der Waals surface area contributed by atoms with Gasteiger partial charge in [-0.2, -0.15) is 0 Å². The highest BCUT2D eigenvalue weighted by Crippen LogP contribution is 2.35. The van der Waals surface area contributed by atoms with Gasteiger partial charge in [-0.25, -0.2) is 35.0 Å². The third-order valence-corrected chi connectivity index (χ3v) is 8.24. The molecule has 10 nitrogen and oxygen atoms in total. The van der Waals surface area contributed by atoms with Crippen molar-refractivity contribution in [3.8, 4) is 0 Å². The first-order chi connectivity index (χ1) is 13.9. The van der Waals surface area contributed by atoms with E-state index in [0.29, 0.717) is 9.87 Å². The Morgan fingerprint density at radius 3 is 2.23 bits per heavy atom. The average molecular weight is 453 g/mol. The molecule has 30 heavy (non-hydrogen) atoms. The molecule has 1 aliphatic heterocycles. The number of hydrogen-bond donors (Lipinski definition) is 1. The molecule has 3 rings (SSSR count). The number of carboxylic acids is 1. The smallest absolute Gasteiger partial charge is 0.338 e. The Labute approximate surface area is 174 Å². The molecule has 0 aromatic heterocycles. The largest absolute Gasteiger partial charge is 0.478 e. The fourth-order valence-electron chi connectivity index (χ4n) is 2.92. The summed E-state index contributed by atoms with van der Waals surface area (Å²) in [4.78, 5) is 24.8. The maximum Gasteiger partial charge on any atom is 0.338 e. The van der Waals surface area contributed by atoms with Gasteiger partial charge in [0.15, 0.2) is 0 Å². The Hall–Kier alpha value is -2.96. The maximum absolute atomic E-state index is 13.0. The van der Waals surface area contributed by atoms with Gasteiger partial charge in [-0.1, -0.05) is 12.1 Å². The molecule has 0 saturated carbocycles. The molecular formula is C18H19N3O7S2. The van der Waals surface area contributed by atoms with Gasteiger partial charge in [0.25, 0.3) is 10.0 Å². The lowest BCUT2D eigenvalue weighted by atomic mass is 10.2. The number of urea groups is 1. The molecule has 0 unspecified atom stereocenters. The number of carbonyl (C=O) groups is 2. The van der Waals surface area contributed by atoms with Gasteiger partial charge in [-0.05, 0) is 35.9 Å². The Balaban J connectivity index is 2.00. The molecule has 2 amide bonds. The van der Waals surface area contributed by atoms with Crippen molar-refractivity contribution >= 4 is 37.7 Å². The molecule has 12 heteroatoms. The Kier molecular flexibility index (Phi) is 5.35. The molecule has 0 atom stereocenters. The molecule has 0 spiro atoms. The van der Waals surface area contributed by atoms with E-state index in [1.165, 1.54) is 57.5 Å². The van der Waals surface area contributed by atoms with Crippen molar-refractivity contribution in [2.45, 2.75) is 16.3 Å². The number of anilines is 1. The van der Waals surface area contributed by atoms with Crippen LogP contribution in [-0.2, 0) is 26.6 Å². The first kappa shape index (κ1) is 21.7. The zero-order chi connectivity index (χ0) is 22.4. The molecule has 0 bridgehead atoms. The van der Waals surface area contributed by atoms with Crippen LogP contribution in [0, 0.1) is 0 Å². The number of hydrogen-bond acceptors (Lipinski definition) is 6. The molecule has 0 radical (unpaired) electrons. The first-order valence-corrected chi connectivity index (χ1v) is 11.4. The second-order valence-corrected chi connectivity index (χ2v) is 10.8. The molecule has 0 aliphatic carbocycles. The summed E-state index contributed by atoms with van der Waals surface area (Å²) >= 11 is 0. The number of rotatable bonds is 5. The van der Waals surface area contributed by atoms with Crippen LogP contribution in [0.2, 0.25) is 0 Å². The van der Waals surface area contributed by atoms with Crippen molar-refractivity contribution in [3.05, 3.63) is 53.6 Å². The van der Waals surface area contributed by atoms with E-state index in [1.807, 2.05) is 0 Å². The third-order valence-electron chi connectivity index (χ3n) is 4.66. The van der Waals surface area contributed by atoms with E-state index >= 15 is 0 Å². The average Bonchev–Trinajstić information content (AvgIpc) is 2.69. The number of carboxylic acid groups (broad SMARTS) is 1. The second-order valence-electron chi connectivity index (χ2n) is 6.77. The van der Waals surface area contributed by atoms with Crippen LogP contribution in [0.15, 0.2) is 52.3 Å². The predicted molar refractivity (Wildman–Crippen MR) is 107 cm³/mol. The van der Waals surface area contributed by atoms with Crippen molar-refractivity contribution < 1.29 is 31.5 Å². The molecular weight excluding hydrogens is 434 g/mol. The van der Waals surface area contributed by atoms with E-state index in [-0.39, 0.29) is 27.6 Å². The number of benzene rings is 2. The van der Waals surface area contributed by atoms with Crippen LogP contribution in [0.1, 0.15) is 15.9 Å². The highest BCUT2D eigenvalue weighted by atomic mass is 32.2. The van der Waals surface area contributed by atoms with Crippen molar-refractivity contribution in [1.82, 2.24) is 8.61 Å². The van der Waals surface area contributed by atoms with Crippen molar-refractivity contribution in [2.24, 2.45) is 0 Å². The topological polar surface area (TPSA) is 132 Å². The summed E-state index contributed by atoms with van der Waals surface area (Å²) in [7, 11) is -3.81. The predicted octanol–water partition coefficient (Wildman–Crippen LogP) is 1.40. The van der Waals surface area contributed by atoms with Gasteiger partial charge >= 0.3 is 12.0 Å². The van der Waals surface area contributed by atoms with Gasteiger partial charge in [0.2, 0.25) is 10.0 Å². The minimum atomic E-state index is -4.32. The summed E-state index contributed by atoms with van der Waals surface area (Å²) in [6, 6.07) is 8.18. The zero-order valence-corrected chi connectivity index (χ0v) is 17.9. The lowest BCUT2D eigenvalue weighted by molar-refractivity contribution is 0.0696. The lowest BCUT2D eigenvalue weighted by Crippen LogP contribution is -2.48. The Morgan fingerprint density at radius 1 is 1.10 bits per heavy atom. The van der Waals surface area contributed by atoms with E-state index in [9.17, 15) is 26.4 Å². The van der Waals surface area contributed by atoms with Gasteiger partial charge in [0, 0.05) is 21.1 Å². The SMILES string of the molecule is CN1C(=O)N(Cc2ccc(S(=O)(=O)N(C)C)cc2)S(=O)(=O)c2cc(C(=O)O)ccc21. The van der Waals surface area contributed by atoms with Gasteiger partial charge in [-0.15, -0.1) is 0 Å². The molecule has 1 N–H and O–H groups in total. The van der Waals surface area contributed by atoms with Crippen LogP contribution in [0.5, 0.6) is 0 Å². The number of sulfonamides is 2. The Bertz CT molecular complexity index is 1240. The molecule has 0 fully saturated rings. The van der Waals surface area contributed by atoms with Gasteiger partial charge in [0.05, 0.1) is 22.7 Å². The summed E-state index contributed by atoms with van der Waals surface area (Å²) in [5.41, 5.74) is 0.239. The zero-order valence-electron chi connectivity index (χ0n) is 16.3. The van der Waals surface area contributed by atoms with Crippen LogP contribution < -0.4 is 4.90 Å². The van der Waals surface area contributed by atoms with E-state index in [2.05, 4.69) is 0 Å². The molecule has 160 valence electrons. The number of nitrogens with zero attached hydrogens (tertiary/aromatic N) is 3. The molecule has 0 saturated heterocycles. The fourth-order valence-corrected chi connectivity index (χ4v) is 5.45. The summed E-state index contributed by atoms with van der Waals surface area (Å²) in [6.45, 7) is -0.343. The fraction of sp³-hybridized carbons (Fsp3) is 0.222. The van der Waals surface area contributed by atoms with E-state index in [0.717, 1.165) is 15.3 Å². The van der Waals surface area contributed by atoms with Crippen molar-refractivity contribution in [3.63, 3.8) is 0 Å². The molecule has 2 aromatic carbocycles. The number of carbonyl (C=O) groups excluding carboxylic acids is 1. The monoisotopic (exact) mass is 453 g/mol. The van der Waals surface area contributed by atoms with Gasteiger partial charge in [0.1, 0.15) is 4.90 Å². The summed E-state index contributed by atoms with van der Waals surface area (Å²) < 4.78 is 52.1. The second kappa shape index (κ2) is 7.38. The van der Waals surface area contributed by atoms with Crippen molar-refractivity contribution in [2.75, 3.05) is 26.0 Å². The van der Waals surface area contributed by atoms with E-state index in [1.54, 1.807) is 0 Å². The molecule has 1 aliphatic rings. The van der Waals surface area contributed by atoms with Crippen LogP contribution in [0.25, 0.3) is 0 Å². The highest BCUT2D eigenvalue weighted by molar-refractivity contribution is 7.90. The maximum atomic E-state index is 13.0. The Morgan fingerprint density at radius 2 is 1.70 bits per heavy atom. The van der Waals surface area contributed by atoms with Crippen LogP contribution in [-0.4, -0.2) is 63.7 Å². The summed E-state index contributed by atoms with van der Waals surface area (Å²) in [6.07, 6.45) is 0. The van der Waals surface area contributed by atoms with Gasteiger partial charge < -0.3 is 5.11 Å².